The summed E-state index contributed by atoms with van der Waals surface area (Å²) in [6.07, 6.45) is 35.6. The van der Waals surface area contributed by atoms with Crippen LogP contribution in [0.5, 0.6) is 0 Å². The number of phosphoric ester groups is 1. The van der Waals surface area contributed by atoms with Crippen LogP contribution in [-0.2, 0) is 18.4 Å². The fraction of sp³-hybridized carbons (Fsp3) is 0.977. The van der Waals surface area contributed by atoms with Crippen molar-refractivity contribution in [1.82, 2.24) is 5.32 Å². The lowest BCUT2D eigenvalue weighted by Gasteiger charge is -2.31. The van der Waals surface area contributed by atoms with Gasteiger partial charge in [0, 0.05) is 6.42 Å². The number of amides is 1. The minimum absolute atomic E-state index is 0.0369. The number of phosphoric acid groups is 1. The summed E-state index contributed by atoms with van der Waals surface area (Å²) >= 11 is 0. The number of carbonyl (C=O) groups is 1. The van der Waals surface area contributed by atoms with Crippen molar-refractivity contribution >= 4 is 13.7 Å². The highest BCUT2D eigenvalue weighted by atomic mass is 31.2. The predicted molar refractivity (Wildman–Crippen MR) is 225 cm³/mol. The maximum absolute atomic E-state index is 12.9. The molecule has 4 unspecified atom stereocenters. The Morgan fingerprint density at radius 1 is 0.593 bits per heavy atom. The summed E-state index contributed by atoms with van der Waals surface area (Å²) in [7, 11) is 1.14. The third kappa shape index (κ3) is 37.1. The molecule has 0 aromatic heterocycles. The number of rotatable bonds is 42. The Morgan fingerprint density at radius 2 is 0.944 bits per heavy atom. The first kappa shape index (κ1) is 53.5. The zero-order valence-corrected chi connectivity index (χ0v) is 37.2. The molecule has 0 heterocycles. The molecule has 0 saturated carbocycles. The molecule has 0 aromatic carbocycles. The molecule has 0 spiro atoms. The molecule has 0 aromatic rings. The van der Waals surface area contributed by atoms with Crippen molar-refractivity contribution in [3.8, 4) is 0 Å². The van der Waals surface area contributed by atoms with Gasteiger partial charge in [-0.15, -0.1) is 0 Å². The van der Waals surface area contributed by atoms with Crippen molar-refractivity contribution < 1.29 is 38.0 Å². The standard InChI is InChI=1S/C44H91N2O7P/c1-6-8-10-12-14-16-18-20-21-22-23-24-25-27-29-31-33-35-37-43(48)45-41(40-53-54(50,51)52-39-38-46(3,4)5)44(49)42(47)36-34-32-30-28-26-19-17-15-13-11-9-7-2/h41-42,44,47,49H,6-40H2,1-5H3,(H-,45,48,50,51). The van der Waals surface area contributed by atoms with E-state index in [4.69, 9.17) is 9.05 Å². The first-order valence-electron chi connectivity index (χ1n) is 23.0. The van der Waals surface area contributed by atoms with Gasteiger partial charge in [-0.25, -0.2) is 0 Å². The number of likely N-dealkylation sites (N-methyl/N-ethyl adjacent to an activating group) is 1. The Kier molecular flexibility index (Phi) is 36.4. The van der Waals surface area contributed by atoms with Gasteiger partial charge >= 0.3 is 0 Å². The van der Waals surface area contributed by atoms with Crippen molar-refractivity contribution in [2.75, 3.05) is 40.9 Å². The third-order valence-corrected chi connectivity index (χ3v) is 11.7. The van der Waals surface area contributed by atoms with Crippen molar-refractivity contribution in [3.63, 3.8) is 0 Å². The molecule has 54 heavy (non-hydrogen) atoms. The monoisotopic (exact) mass is 791 g/mol. The Bertz CT molecular complexity index is 872. The van der Waals surface area contributed by atoms with Gasteiger partial charge in [0.15, 0.2) is 0 Å². The molecule has 0 rings (SSSR count). The van der Waals surface area contributed by atoms with E-state index < -0.39 is 32.7 Å². The summed E-state index contributed by atoms with van der Waals surface area (Å²) in [4.78, 5) is 25.4. The fourth-order valence-electron chi connectivity index (χ4n) is 6.96. The van der Waals surface area contributed by atoms with E-state index in [1.807, 2.05) is 21.1 Å². The molecule has 0 aliphatic carbocycles. The van der Waals surface area contributed by atoms with Crippen LogP contribution in [0.2, 0.25) is 0 Å². The van der Waals surface area contributed by atoms with E-state index in [-0.39, 0.29) is 18.9 Å². The first-order valence-corrected chi connectivity index (χ1v) is 24.4. The number of carbonyl (C=O) groups excluding carboxylic acids is 1. The van der Waals surface area contributed by atoms with Crippen LogP contribution >= 0.6 is 7.82 Å². The highest BCUT2D eigenvalue weighted by molar-refractivity contribution is 7.45. The van der Waals surface area contributed by atoms with Gasteiger partial charge in [0.05, 0.1) is 39.9 Å². The molecule has 0 saturated heterocycles. The zero-order valence-electron chi connectivity index (χ0n) is 36.3. The number of aliphatic hydroxyl groups excluding tert-OH is 2. The molecule has 0 radical (unpaired) electrons. The van der Waals surface area contributed by atoms with Crippen LogP contribution < -0.4 is 10.2 Å². The number of quaternary nitrogens is 1. The van der Waals surface area contributed by atoms with Gasteiger partial charge in [0.1, 0.15) is 19.3 Å². The molecule has 0 aliphatic heterocycles. The summed E-state index contributed by atoms with van der Waals surface area (Å²) in [6.45, 7) is 4.45. The largest absolute Gasteiger partial charge is 0.756 e. The van der Waals surface area contributed by atoms with E-state index in [2.05, 4.69) is 19.2 Å². The average Bonchev–Trinajstić information content (AvgIpc) is 3.12. The van der Waals surface area contributed by atoms with Gasteiger partial charge in [-0.05, 0) is 12.8 Å². The second kappa shape index (κ2) is 36.8. The molecule has 0 fully saturated rings. The lowest BCUT2D eigenvalue weighted by atomic mass is 9.99. The van der Waals surface area contributed by atoms with Crippen molar-refractivity contribution in [3.05, 3.63) is 0 Å². The van der Waals surface area contributed by atoms with Crippen LogP contribution in [0.25, 0.3) is 0 Å². The second-order valence-electron chi connectivity index (χ2n) is 17.3. The zero-order chi connectivity index (χ0) is 40.2. The summed E-state index contributed by atoms with van der Waals surface area (Å²) < 4.78 is 23.1. The molecule has 3 N–H and O–H groups in total. The SMILES string of the molecule is CCCCCCCCCCCCCCCCCCCCC(=O)NC(COP(=O)([O-])OCC[N+](C)(C)C)C(O)C(O)CCCCCCCCCCCCCC. The number of hydrogen-bond donors (Lipinski definition) is 3. The normalized spacial score (nSPS) is 14.9. The van der Waals surface area contributed by atoms with E-state index in [1.54, 1.807) is 0 Å². The van der Waals surface area contributed by atoms with E-state index in [9.17, 15) is 24.5 Å². The molecule has 324 valence electrons. The molecular weight excluding hydrogens is 699 g/mol. The number of unbranched alkanes of at least 4 members (excludes halogenated alkanes) is 28. The minimum Gasteiger partial charge on any atom is -0.756 e. The second-order valence-corrected chi connectivity index (χ2v) is 18.7. The maximum atomic E-state index is 12.9. The molecule has 0 bridgehead atoms. The van der Waals surface area contributed by atoms with Crippen LogP contribution in [0, 0.1) is 0 Å². The van der Waals surface area contributed by atoms with E-state index in [0.29, 0.717) is 17.4 Å². The van der Waals surface area contributed by atoms with Crippen molar-refractivity contribution in [1.29, 1.82) is 0 Å². The van der Waals surface area contributed by atoms with Gasteiger partial charge in [-0.2, -0.15) is 0 Å². The van der Waals surface area contributed by atoms with Gasteiger partial charge in [0.25, 0.3) is 7.82 Å². The highest BCUT2D eigenvalue weighted by Gasteiger charge is 2.29. The smallest absolute Gasteiger partial charge is 0.268 e. The average molecular weight is 791 g/mol. The predicted octanol–water partition coefficient (Wildman–Crippen LogP) is 10.9. The summed E-state index contributed by atoms with van der Waals surface area (Å²) in [5.41, 5.74) is 0. The summed E-state index contributed by atoms with van der Waals surface area (Å²) in [5, 5.41) is 24.6. The highest BCUT2D eigenvalue weighted by Crippen LogP contribution is 2.38. The third-order valence-electron chi connectivity index (χ3n) is 10.7. The van der Waals surface area contributed by atoms with Crippen LogP contribution in [-0.4, -0.2) is 79.8 Å². The number of nitrogens with one attached hydrogen (secondary N) is 1. The van der Waals surface area contributed by atoms with Gasteiger partial charge in [-0.3, -0.25) is 9.36 Å². The number of aliphatic hydroxyl groups is 2. The first-order chi connectivity index (χ1) is 25.9. The lowest BCUT2D eigenvalue weighted by molar-refractivity contribution is -0.870. The van der Waals surface area contributed by atoms with Gasteiger partial charge < -0.3 is 34.0 Å². The Labute approximate surface area is 334 Å². The van der Waals surface area contributed by atoms with Crippen LogP contribution in [0.15, 0.2) is 0 Å². The topological polar surface area (TPSA) is 128 Å². The van der Waals surface area contributed by atoms with E-state index in [1.165, 1.54) is 154 Å². The Balaban J connectivity index is 4.41. The number of nitrogens with zero attached hydrogens (tertiary/aromatic N) is 1. The molecule has 0 aliphatic rings. The van der Waals surface area contributed by atoms with E-state index in [0.717, 1.165) is 38.5 Å². The van der Waals surface area contributed by atoms with Gasteiger partial charge in [0.2, 0.25) is 5.91 Å². The molecule has 4 atom stereocenters. The molecule has 9 nitrogen and oxygen atoms in total. The summed E-state index contributed by atoms with van der Waals surface area (Å²) in [5.74, 6) is -0.275. The van der Waals surface area contributed by atoms with Crippen molar-refractivity contribution in [2.45, 2.75) is 238 Å². The molecule has 10 heteroatoms. The van der Waals surface area contributed by atoms with Crippen molar-refractivity contribution in [2.24, 2.45) is 0 Å². The van der Waals surface area contributed by atoms with Gasteiger partial charge in [-0.1, -0.05) is 200 Å². The molecule has 1 amide bonds. The summed E-state index contributed by atoms with van der Waals surface area (Å²) in [6, 6.07) is -1.07. The minimum atomic E-state index is -4.66. The maximum Gasteiger partial charge on any atom is 0.268 e. The lowest BCUT2D eigenvalue weighted by Crippen LogP contribution is -2.51. The van der Waals surface area contributed by atoms with Crippen LogP contribution in [0.1, 0.15) is 219 Å². The van der Waals surface area contributed by atoms with Crippen LogP contribution in [0.4, 0.5) is 0 Å². The van der Waals surface area contributed by atoms with Crippen LogP contribution in [0.3, 0.4) is 0 Å². The fourth-order valence-corrected chi connectivity index (χ4v) is 7.68. The van der Waals surface area contributed by atoms with E-state index >= 15 is 0 Å². The number of hydrogen-bond acceptors (Lipinski definition) is 7. The Morgan fingerprint density at radius 3 is 1.31 bits per heavy atom. The quantitative estimate of drug-likeness (QED) is 0.0319. The molecular formula is C44H91N2O7P. The Hall–Kier alpha value is -0.540.